The zero-order valence-corrected chi connectivity index (χ0v) is 11.5. The highest BCUT2D eigenvalue weighted by Crippen LogP contribution is 2.20. The highest BCUT2D eigenvalue weighted by molar-refractivity contribution is 5.97. The summed E-state index contributed by atoms with van der Waals surface area (Å²) in [4.78, 5) is 12.3. The van der Waals surface area contributed by atoms with Gasteiger partial charge in [0.05, 0.1) is 6.67 Å². The molecule has 6 N–H and O–H groups in total. The number of hydrogen-bond acceptors (Lipinski definition) is 4. The normalized spacial score (nSPS) is 11.7. The Morgan fingerprint density at radius 3 is 2.40 bits per heavy atom. The quantitative estimate of drug-likeness (QED) is 0.282. The zero-order chi connectivity index (χ0) is 15.3. The lowest BCUT2D eigenvalue weighted by molar-refractivity contribution is 0.229. The molecule has 6 heteroatoms. The van der Waals surface area contributed by atoms with Crippen molar-refractivity contribution in [2.24, 2.45) is 17.4 Å². The van der Waals surface area contributed by atoms with Gasteiger partial charge in [0.2, 0.25) is 0 Å². The molecule has 1 atom stereocenters. The largest absolute Gasteiger partial charge is 0.508 e. The SMILES string of the molecule is C=C(C)C(Cc1ccc(O)cc1)C(=N)N(CN)C(N)=O. The number of rotatable bonds is 5. The molecule has 0 saturated heterocycles. The number of nitrogens with two attached hydrogens (primary N) is 2. The molecule has 0 aliphatic heterocycles. The Bertz CT molecular complexity index is 510. The summed E-state index contributed by atoms with van der Waals surface area (Å²) in [5.41, 5.74) is 12.3. The molecule has 0 aromatic heterocycles. The van der Waals surface area contributed by atoms with E-state index in [1.54, 1.807) is 31.2 Å². The fourth-order valence-electron chi connectivity index (χ4n) is 1.87. The maximum Gasteiger partial charge on any atom is 0.321 e. The monoisotopic (exact) mass is 276 g/mol. The van der Waals surface area contributed by atoms with E-state index in [-0.39, 0.29) is 24.2 Å². The van der Waals surface area contributed by atoms with Crippen molar-refractivity contribution in [1.29, 1.82) is 5.41 Å². The predicted octanol–water partition coefficient (Wildman–Crippen LogP) is 1.40. The van der Waals surface area contributed by atoms with Crippen LogP contribution in [0.25, 0.3) is 0 Å². The number of benzene rings is 1. The summed E-state index contributed by atoms with van der Waals surface area (Å²) in [6.07, 6.45) is 0.484. The summed E-state index contributed by atoms with van der Waals surface area (Å²) in [6.45, 7) is 5.50. The Morgan fingerprint density at radius 1 is 1.45 bits per heavy atom. The van der Waals surface area contributed by atoms with Crippen molar-refractivity contribution in [2.75, 3.05) is 6.67 Å². The number of phenolic OH excluding ortho intramolecular Hbond substituents is 1. The number of hydrogen-bond donors (Lipinski definition) is 4. The van der Waals surface area contributed by atoms with Crippen molar-refractivity contribution in [3.63, 3.8) is 0 Å². The zero-order valence-electron chi connectivity index (χ0n) is 11.5. The highest BCUT2D eigenvalue weighted by atomic mass is 16.3. The van der Waals surface area contributed by atoms with Crippen LogP contribution in [0, 0.1) is 11.3 Å². The van der Waals surface area contributed by atoms with E-state index in [0.29, 0.717) is 6.42 Å². The number of carbonyl (C=O) groups excluding carboxylic acids is 1. The maximum absolute atomic E-state index is 11.3. The van der Waals surface area contributed by atoms with Gasteiger partial charge in [-0.3, -0.25) is 10.3 Å². The second kappa shape index (κ2) is 6.72. The van der Waals surface area contributed by atoms with Gasteiger partial charge in [0.25, 0.3) is 0 Å². The molecule has 0 fully saturated rings. The molecule has 2 amide bonds. The number of amidine groups is 1. The lowest BCUT2D eigenvalue weighted by atomic mass is 9.92. The third kappa shape index (κ3) is 3.83. The molecule has 1 aromatic carbocycles. The minimum Gasteiger partial charge on any atom is -0.508 e. The lowest BCUT2D eigenvalue weighted by Gasteiger charge is -2.26. The van der Waals surface area contributed by atoms with Crippen LogP contribution >= 0.6 is 0 Å². The van der Waals surface area contributed by atoms with Crippen LogP contribution in [-0.4, -0.2) is 28.5 Å². The van der Waals surface area contributed by atoms with Crippen molar-refractivity contribution >= 4 is 11.9 Å². The second-order valence-electron chi connectivity index (χ2n) is 4.60. The first-order chi connectivity index (χ1) is 9.36. The molecule has 0 heterocycles. The van der Waals surface area contributed by atoms with E-state index in [9.17, 15) is 9.90 Å². The van der Waals surface area contributed by atoms with E-state index in [1.165, 1.54) is 0 Å². The molecule has 0 aliphatic rings. The topological polar surface area (TPSA) is 116 Å². The fraction of sp³-hybridized carbons (Fsp3) is 0.286. The summed E-state index contributed by atoms with van der Waals surface area (Å²) >= 11 is 0. The van der Waals surface area contributed by atoms with Gasteiger partial charge in [-0.25, -0.2) is 4.79 Å². The van der Waals surface area contributed by atoms with Gasteiger partial charge in [-0.05, 0) is 31.0 Å². The van der Waals surface area contributed by atoms with Crippen LogP contribution in [0.1, 0.15) is 12.5 Å². The summed E-state index contributed by atoms with van der Waals surface area (Å²) in [5, 5.41) is 17.4. The van der Waals surface area contributed by atoms with Gasteiger partial charge in [-0.15, -0.1) is 0 Å². The van der Waals surface area contributed by atoms with Crippen LogP contribution < -0.4 is 11.5 Å². The van der Waals surface area contributed by atoms with Gasteiger partial charge < -0.3 is 16.6 Å². The number of primary amides is 1. The molecule has 0 saturated carbocycles. The smallest absolute Gasteiger partial charge is 0.321 e. The maximum atomic E-state index is 11.3. The number of aromatic hydroxyl groups is 1. The minimum atomic E-state index is -0.755. The van der Waals surface area contributed by atoms with Crippen LogP contribution in [0.4, 0.5) is 4.79 Å². The van der Waals surface area contributed by atoms with Crippen LogP contribution in [-0.2, 0) is 6.42 Å². The molecule has 6 nitrogen and oxygen atoms in total. The van der Waals surface area contributed by atoms with Gasteiger partial charge in [0, 0.05) is 5.92 Å². The third-order valence-corrected chi connectivity index (χ3v) is 3.04. The molecule has 1 unspecified atom stereocenters. The van der Waals surface area contributed by atoms with Crippen LogP contribution in [0.2, 0.25) is 0 Å². The Hall–Kier alpha value is -2.34. The summed E-state index contributed by atoms with van der Waals surface area (Å²) in [7, 11) is 0. The molecule has 0 aliphatic carbocycles. The summed E-state index contributed by atoms with van der Waals surface area (Å²) < 4.78 is 0. The molecular formula is C14H20N4O2. The van der Waals surface area contributed by atoms with E-state index < -0.39 is 6.03 Å². The van der Waals surface area contributed by atoms with Crippen molar-refractivity contribution in [3.05, 3.63) is 42.0 Å². The van der Waals surface area contributed by atoms with E-state index in [4.69, 9.17) is 16.9 Å². The minimum absolute atomic E-state index is 0.0283. The fourth-order valence-corrected chi connectivity index (χ4v) is 1.87. The van der Waals surface area contributed by atoms with E-state index >= 15 is 0 Å². The number of phenols is 1. The van der Waals surface area contributed by atoms with Crippen LogP contribution in [0.5, 0.6) is 5.75 Å². The summed E-state index contributed by atoms with van der Waals surface area (Å²) in [5.74, 6) is -0.160. The van der Waals surface area contributed by atoms with Gasteiger partial charge >= 0.3 is 6.03 Å². The number of nitrogens with zero attached hydrogens (tertiary/aromatic N) is 1. The van der Waals surface area contributed by atoms with E-state index in [1.807, 2.05) is 0 Å². The Morgan fingerprint density at radius 2 is 2.00 bits per heavy atom. The number of carbonyl (C=O) groups is 1. The number of amides is 2. The van der Waals surface area contributed by atoms with E-state index in [0.717, 1.165) is 16.0 Å². The standard InChI is InChI=1S/C14H20N4O2/c1-9(2)12(13(16)18(8-15)14(17)20)7-10-3-5-11(19)6-4-10/h3-6,12,16,19H,1,7-8,15H2,2H3,(H2,17,20). The van der Waals surface area contributed by atoms with Crippen molar-refractivity contribution < 1.29 is 9.90 Å². The molecule has 0 spiro atoms. The molecule has 1 aromatic rings. The summed E-state index contributed by atoms with van der Waals surface area (Å²) in [6, 6.07) is 5.91. The van der Waals surface area contributed by atoms with Gasteiger partial charge in [0.1, 0.15) is 11.6 Å². The Labute approximate surface area is 118 Å². The predicted molar refractivity (Wildman–Crippen MR) is 78.3 cm³/mol. The average molecular weight is 276 g/mol. The number of nitrogens with one attached hydrogen (secondary N) is 1. The molecule has 108 valence electrons. The molecular weight excluding hydrogens is 256 g/mol. The van der Waals surface area contributed by atoms with Crippen LogP contribution in [0.3, 0.4) is 0 Å². The van der Waals surface area contributed by atoms with Gasteiger partial charge in [0.15, 0.2) is 0 Å². The van der Waals surface area contributed by atoms with Gasteiger partial charge in [-0.1, -0.05) is 24.3 Å². The van der Waals surface area contributed by atoms with Crippen molar-refractivity contribution in [3.8, 4) is 5.75 Å². The molecule has 1 rings (SSSR count). The Balaban J connectivity index is 2.94. The third-order valence-electron chi connectivity index (χ3n) is 3.04. The Kier molecular flexibility index (Phi) is 5.28. The van der Waals surface area contributed by atoms with Crippen molar-refractivity contribution in [2.45, 2.75) is 13.3 Å². The second-order valence-corrected chi connectivity index (χ2v) is 4.60. The van der Waals surface area contributed by atoms with Crippen LogP contribution in [0.15, 0.2) is 36.4 Å². The van der Waals surface area contributed by atoms with Gasteiger partial charge in [-0.2, -0.15) is 0 Å². The first-order valence-corrected chi connectivity index (χ1v) is 6.15. The first kappa shape index (κ1) is 15.7. The lowest BCUT2D eigenvalue weighted by Crippen LogP contribution is -2.47. The molecule has 0 bridgehead atoms. The van der Waals surface area contributed by atoms with E-state index in [2.05, 4.69) is 6.58 Å². The molecule has 20 heavy (non-hydrogen) atoms. The number of urea groups is 1. The molecule has 0 radical (unpaired) electrons. The van der Waals surface area contributed by atoms with Crippen molar-refractivity contribution in [1.82, 2.24) is 4.90 Å². The highest BCUT2D eigenvalue weighted by Gasteiger charge is 2.24. The first-order valence-electron chi connectivity index (χ1n) is 6.15. The average Bonchev–Trinajstić information content (AvgIpc) is 2.37.